The first kappa shape index (κ1) is 13.0. The molecule has 15 heavy (non-hydrogen) atoms. The molecule has 0 amide bonds. The van der Waals surface area contributed by atoms with E-state index >= 15 is 0 Å². The van der Waals surface area contributed by atoms with Gasteiger partial charge in [-0.25, -0.2) is 0 Å². The number of aliphatic hydroxyl groups is 2. The zero-order valence-electron chi connectivity index (χ0n) is 9.83. The summed E-state index contributed by atoms with van der Waals surface area (Å²) in [6, 6.07) is 0. The van der Waals surface area contributed by atoms with Crippen LogP contribution in [0.15, 0.2) is 0 Å². The molecule has 0 spiro atoms. The van der Waals surface area contributed by atoms with Crippen LogP contribution in [0.2, 0.25) is 0 Å². The summed E-state index contributed by atoms with van der Waals surface area (Å²) in [6.45, 7) is 0.311. The van der Waals surface area contributed by atoms with E-state index in [-0.39, 0.29) is 6.10 Å². The van der Waals surface area contributed by atoms with Crippen LogP contribution in [0.5, 0.6) is 0 Å². The molecule has 1 aliphatic carbocycles. The molecule has 1 fully saturated rings. The molecule has 1 rings (SSSR count). The van der Waals surface area contributed by atoms with Crippen LogP contribution in [0.3, 0.4) is 0 Å². The second-order valence-electron chi connectivity index (χ2n) is 4.89. The van der Waals surface area contributed by atoms with Crippen LogP contribution in [0.1, 0.15) is 64.2 Å². The lowest BCUT2D eigenvalue weighted by molar-refractivity contribution is 0.0747. The van der Waals surface area contributed by atoms with Gasteiger partial charge in [-0.3, -0.25) is 0 Å². The van der Waals surface area contributed by atoms with Gasteiger partial charge in [0.05, 0.1) is 6.10 Å². The van der Waals surface area contributed by atoms with Crippen molar-refractivity contribution in [3.8, 4) is 0 Å². The lowest BCUT2D eigenvalue weighted by atomic mass is 9.83. The molecular weight excluding hydrogens is 188 g/mol. The monoisotopic (exact) mass is 214 g/mol. The lowest BCUT2D eigenvalue weighted by Crippen LogP contribution is -2.22. The van der Waals surface area contributed by atoms with Crippen molar-refractivity contribution in [2.24, 2.45) is 5.92 Å². The van der Waals surface area contributed by atoms with E-state index in [1.807, 2.05) is 0 Å². The highest BCUT2D eigenvalue weighted by molar-refractivity contribution is 4.73. The van der Waals surface area contributed by atoms with Gasteiger partial charge in [-0.15, -0.1) is 0 Å². The summed E-state index contributed by atoms with van der Waals surface area (Å²) < 4.78 is 0. The van der Waals surface area contributed by atoms with Gasteiger partial charge in [0.15, 0.2) is 0 Å². The third-order valence-electron chi connectivity index (χ3n) is 3.60. The zero-order chi connectivity index (χ0) is 10.9. The number of aliphatic hydroxyl groups excluding tert-OH is 2. The Morgan fingerprint density at radius 3 is 2.27 bits per heavy atom. The predicted molar refractivity (Wildman–Crippen MR) is 62.8 cm³/mol. The molecule has 0 aromatic rings. The van der Waals surface area contributed by atoms with E-state index in [2.05, 4.69) is 0 Å². The molecule has 2 heteroatoms. The van der Waals surface area contributed by atoms with Gasteiger partial charge in [-0.05, 0) is 31.6 Å². The van der Waals surface area contributed by atoms with Crippen molar-refractivity contribution < 1.29 is 10.2 Å². The van der Waals surface area contributed by atoms with Crippen molar-refractivity contribution in [1.29, 1.82) is 0 Å². The topological polar surface area (TPSA) is 40.5 Å². The summed E-state index contributed by atoms with van der Waals surface area (Å²) in [6.07, 6.45) is 11.7. The molecular formula is C13H26O2. The van der Waals surface area contributed by atoms with Crippen molar-refractivity contribution in [3.05, 3.63) is 0 Å². The first-order chi connectivity index (χ1) is 7.34. The largest absolute Gasteiger partial charge is 0.396 e. The van der Waals surface area contributed by atoms with Gasteiger partial charge in [-0.2, -0.15) is 0 Å². The summed E-state index contributed by atoms with van der Waals surface area (Å²) in [7, 11) is 0. The number of hydrogen-bond donors (Lipinski definition) is 2. The van der Waals surface area contributed by atoms with Gasteiger partial charge in [0.2, 0.25) is 0 Å². The molecule has 0 aliphatic heterocycles. The molecule has 0 aromatic carbocycles. The molecule has 0 aromatic heterocycles. The maximum Gasteiger partial charge on any atom is 0.0568 e. The Hall–Kier alpha value is -0.0800. The van der Waals surface area contributed by atoms with E-state index in [4.69, 9.17) is 5.11 Å². The Bertz CT molecular complexity index is 141. The van der Waals surface area contributed by atoms with Crippen LogP contribution in [0.25, 0.3) is 0 Å². The fourth-order valence-corrected chi connectivity index (χ4v) is 2.57. The number of hydrogen-bond acceptors (Lipinski definition) is 2. The Kier molecular flexibility index (Phi) is 7.03. The fraction of sp³-hybridized carbons (Fsp3) is 1.00. The minimum atomic E-state index is -0.0561. The van der Waals surface area contributed by atoms with E-state index in [9.17, 15) is 5.11 Å². The molecule has 1 atom stereocenters. The molecule has 1 aliphatic rings. The van der Waals surface area contributed by atoms with Gasteiger partial charge in [-0.1, -0.05) is 38.5 Å². The van der Waals surface area contributed by atoms with E-state index in [1.165, 1.54) is 32.1 Å². The van der Waals surface area contributed by atoms with Gasteiger partial charge >= 0.3 is 0 Å². The van der Waals surface area contributed by atoms with Crippen molar-refractivity contribution >= 4 is 0 Å². The van der Waals surface area contributed by atoms with Crippen LogP contribution in [0, 0.1) is 5.92 Å². The predicted octanol–water partition coefficient (Wildman–Crippen LogP) is 2.87. The standard InChI is InChI=1S/C13H26O2/c14-11-7-2-1-6-10-13(15)12-8-4-3-5-9-12/h12-15H,1-11H2. The summed E-state index contributed by atoms with van der Waals surface area (Å²) in [4.78, 5) is 0. The smallest absolute Gasteiger partial charge is 0.0568 e. The van der Waals surface area contributed by atoms with Crippen LogP contribution < -0.4 is 0 Å². The molecule has 1 unspecified atom stereocenters. The third kappa shape index (κ3) is 5.53. The zero-order valence-corrected chi connectivity index (χ0v) is 9.83. The Morgan fingerprint density at radius 1 is 0.933 bits per heavy atom. The first-order valence-corrected chi connectivity index (χ1v) is 6.63. The van der Waals surface area contributed by atoms with Crippen LogP contribution >= 0.6 is 0 Å². The van der Waals surface area contributed by atoms with Crippen LogP contribution in [0.4, 0.5) is 0 Å². The van der Waals surface area contributed by atoms with Gasteiger partial charge < -0.3 is 10.2 Å². The molecule has 2 N–H and O–H groups in total. The molecule has 1 saturated carbocycles. The third-order valence-corrected chi connectivity index (χ3v) is 3.60. The highest BCUT2D eigenvalue weighted by Gasteiger charge is 2.20. The minimum absolute atomic E-state index is 0.0561. The highest BCUT2D eigenvalue weighted by Crippen LogP contribution is 2.28. The molecule has 0 bridgehead atoms. The molecule has 0 radical (unpaired) electrons. The van der Waals surface area contributed by atoms with Gasteiger partial charge in [0.25, 0.3) is 0 Å². The van der Waals surface area contributed by atoms with E-state index < -0.39 is 0 Å². The SMILES string of the molecule is OCCCCCCC(O)C1CCCCC1. The lowest BCUT2D eigenvalue weighted by Gasteiger charge is -2.26. The maximum atomic E-state index is 9.98. The van der Waals surface area contributed by atoms with E-state index in [0.717, 1.165) is 32.1 Å². The second kappa shape index (κ2) is 8.12. The summed E-state index contributed by atoms with van der Waals surface area (Å²) in [5.74, 6) is 0.580. The van der Waals surface area contributed by atoms with Crippen molar-refractivity contribution in [2.45, 2.75) is 70.3 Å². The Balaban J connectivity index is 1.99. The average molecular weight is 214 g/mol. The van der Waals surface area contributed by atoms with Gasteiger partial charge in [0.1, 0.15) is 0 Å². The molecule has 90 valence electrons. The summed E-state index contributed by atoms with van der Waals surface area (Å²) >= 11 is 0. The molecule has 0 heterocycles. The second-order valence-corrected chi connectivity index (χ2v) is 4.89. The summed E-state index contributed by atoms with van der Waals surface area (Å²) in [5, 5.41) is 18.6. The molecule has 0 saturated heterocycles. The molecule has 2 nitrogen and oxygen atoms in total. The minimum Gasteiger partial charge on any atom is -0.396 e. The first-order valence-electron chi connectivity index (χ1n) is 6.63. The van der Waals surface area contributed by atoms with Crippen molar-refractivity contribution in [3.63, 3.8) is 0 Å². The van der Waals surface area contributed by atoms with E-state index in [1.54, 1.807) is 0 Å². The fourth-order valence-electron chi connectivity index (χ4n) is 2.57. The maximum absolute atomic E-state index is 9.98. The van der Waals surface area contributed by atoms with Crippen LogP contribution in [-0.4, -0.2) is 22.9 Å². The average Bonchev–Trinajstić information content (AvgIpc) is 2.30. The highest BCUT2D eigenvalue weighted by atomic mass is 16.3. The normalized spacial score (nSPS) is 20.4. The number of unbranched alkanes of at least 4 members (excludes halogenated alkanes) is 3. The Labute approximate surface area is 93.7 Å². The van der Waals surface area contributed by atoms with Gasteiger partial charge in [0, 0.05) is 6.61 Å². The summed E-state index contributed by atoms with van der Waals surface area (Å²) in [5.41, 5.74) is 0. The van der Waals surface area contributed by atoms with Crippen molar-refractivity contribution in [1.82, 2.24) is 0 Å². The van der Waals surface area contributed by atoms with Crippen molar-refractivity contribution in [2.75, 3.05) is 6.61 Å². The quantitative estimate of drug-likeness (QED) is 0.640. The number of rotatable bonds is 7. The van der Waals surface area contributed by atoms with Crippen LogP contribution in [-0.2, 0) is 0 Å². The Morgan fingerprint density at radius 2 is 1.60 bits per heavy atom. The van der Waals surface area contributed by atoms with E-state index in [0.29, 0.717) is 12.5 Å².